The van der Waals surface area contributed by atoms with E-state index in [2.05, 4.69) is 0 Å². The number of aliphatic hydroxyl groups is 2. The molecule has 0 heterocycles. The Bertz CT molecular complexity index is 444. The number of hydrogen-bond donors (Lipinski definition) is 4. The Balaban J connectivity index is -0.000000249. The quantitative estimate of drug-likeness (QED) is 0.530. The lowest BCUT2D eigenvalue weighted by atomic mass is 10.3. The van der Waals surface area contributed by atoms with Crippen molar-refractivity contribution in [2.24, 2.45) is 0 Å². The lowest BCUT2D eigenvalue weighted by Crippen LogP contribution is -2.24. The zero-order valence-electron chi connectivity index (χ0n) is 13.0. The van der Waals surface area contributed by atoms with E-state index in [1.54, 1.807) is 6.92 Å². The SMILES string of the molecule is CC(C)(F)S(=O)(=O)O.CC(C)(F)S(=O)(=O)O.CC(O)CCO. The monoisotopic (exact) mass is 374 g/mol. The molecule has 0 bridgehead atoms. The van der Waals surface area contributed by atoms with Crippen LogP contribution < -0.4 is 0 Å². The summed E-state index contributed by atoms with van der Waals surface area (Å²) in [6.07, 6.45) is 0.134. The average Bonchev–Trinajstić information content (AvgIpc) is 2.11. The standard InChI is InChI=1S/C4H10O2.2C3H7FO3S/c1-4(6)2-3-5;2*1-3(2,4)8(5,6)7/h4-6H,2-3H2,1H3;2*1-2H3,(H,5,6,7). The Morgan fingerprint density at radius 2 is 1.09 bits per heavy atom. The second kappa shape index (κ2) is 9.67. The molecule has 0 amide bonds. The van der Waals surface area contributed by atoms with E-state index < -0.39 is 30.2 Å². The summed E-state index contributed by atoms with van der Waals surface area (Å²) in [5, 5.41) is 11.4. The number of alkyl halides is 2. The predicted octanol–water partition coefficient (Wildman–Crippen LogP) is 0.909. The molecule has 0 rings (SSSR count). The lowest BCUT2D eigenvalue weighted by molar-refractivity contribution is 0.148. The highest BCUT2D eigenvalue weighted by molar-refractivity contribution is 7.87. The van der Waals surface area contributed by atoms with Gasteiger partial charge >= 0.3 is 0 Å². The lowest BCUT2D eigenvalue weighted by Gasteiger charge is -2.07. The molecule has 0 aliphatic carbocycles. The van der Waals surface area contributed by atoms with Gasteiger partial charge in [0.1, 0.15) is 0 Å². The largest absolute Gasteiger partial charge is 0.396 e. The topological polar surface area (TPSA) is 149 Å². The van der Waals surface area contributed by atoms with Gasteiger partial charge in [0.05, 0.1) is 6.10 Å². The van der Waals surface area contributed by atoms with Crippen molar-refractivity contribution in [2.75, 3.05) is 6.61 Å². The molecular weight excluding hydrogens is 350 g/mol. The van der Waals surface area contributed by atoms with Gasteiger partial charge in [-0.2, -0.15) is 16.8 Å². The van der Waals surface area contributed by atoms with Crippen LogP contribution in [0.2, 0.25) is 0 Å². The highest BCUT2D eigenvalue weighted by Crippen LogP contribution is 2.15. The highest BCUT2D eigenvalue weighted by atomic mass is 32.2. The summed E-state index contributed by atoms with van der Waals surface area (Å²) in [6, 6.07) is 0. The normalized spacial score (nSPS) is 14.1. The first-order valence-corrected chi connectivity index (χ1v) is 8.76. The first-order valence-electron chi connectivity index (χ1n) is 5.88. The Labute approximate surface area is 129 Å². The Kier molecular flexibility index (Phi) is 11.7. The molecular formula is C10H24F2O8S2. The average molecular weight is 374 g/mol. The molecule has 4 N–H and O–H groups in total. The molecule has 0 fully saturated rings. The van der Waals surface area contributed by atoms with Crippen LogP contribution in [0, 0.1) is 0 Å². The summed E-state index contributed by atoms with van der Waals surface area (Å²) in [7, 11) is -9.01. The zero-order valence-corrected chi connectivity index (χ0v) is 14.6. The van der Waals surface area contributed by atoms with Gasteiger partial charge < -0.3 is 10.2 Å². The molecule has 0 radical (unpaired) electrons. The third kappa shape index (κ3) is 16.0. The third-order valence-corrected chi connectivity index (χ3v) is 4.23. The van der Waals surface area contributed by atoms with E-state index in [0.717, 1.165) is 27.7 Å². The van der Waals surface area contributed by atoms with E-state index >= 15 is 0 Å². The minimum absolute atomic E-state index is 0.0810. The Morgan fingerprint density at radius 1 is 0.909 bits per heavy atom. The molecule has 1 atom stereocenters. The van der Waals surface area contributed by atoms with Gasteiger partial charge in [0.2, 0.25) is 10.0 Å². The van der Waals surface area contributed by atoms with E-state index in [0.29, 0.717) is 6.42 Å². The molecule has 0 aromatic rings. The summed E-state index contributed by atoms with van der Waals surface area (Å²) in [5.41, 5.74) is 0. The van der Waals surface area contributed by atoms with Gasteiger partial charge in [-0.05, 0) is 41.0 Å². The van der Waals surface area contributed by atoms with E-state index in [9.17, 15) is 25.6 Å². The van der Waals surface area contributed by atoms with Crippen molar-refractivity contribution in [3.63, 3.8) is 0 Å². The van der Waals surface area contributed by atoms with Crippen LogP contribution in [0.4, 0.5) is 8.78 Å². The van der Waals surface area contributed by atoms with Crippen LogP contribution in [0.3, 0.4) is 0 Å². The van der Waals surface area contributed by atoms with Crippen molar-refractivity contribution < 1.29 is 44.9 Å². The number of rotatable bonds is 4. The first-order chi connectivity index (χ1) is 9.27. The molecule has 0 aliphatic heterocycles. The van der Waals surface area contributed by atoms with Crippen LogP contribution in [-0.4, -0.2) is 58.9 Å². The second-order valence-electron chi connectivity index (χ2n) is 5.04. The smallest absolute Gasteiger partial charge is 0.299 e. The molecule has 0 saturated carbocycles. The van der Waals surface area contributed by atoms with Crippen LogP contribution in [0.5, 0.6) is 0 Å². The van der Waals surface area contributed by atoms with Crippen molar-refractivity contribution in [3.8, 4) is 0 Å². The summed E-state index contributed by atoms with van der Waals surface area (Å²) < 4.78 is 79.4. The minimum Gasteiger partial charge on any atom is -0.396 e. The van der Waals surface area contributed by atoms with Gasteiger partial charge in [0, 0.05) is 6.61 Å². The molecule has 22 heavy (non-hydrogen) atoms. The van der Waals surface area contributed by atoms with E-state index in [1.165, 1.54) is 0 Å². The maximum absolute atomic E-state index is 12.1. The molecule has 0 aliphatic rings. The number of halogens is 2. The molecule has 0 saturated heterocycles. The summed E-state index contributed by atoms with van der Waals surface area (Å²) in [5.74, 6) is 0. The summed E-state index contributed by atoms with van der Waals surface area (Å²) in [4.78, 5) is 0. The maximum Gasteiger partial charge on any atom is 0.299 e. The maximum atomic E-state index is 12.1. The van der Waals surface area contributed by atoms with Gasteiger partial charge in [-0.3, -0.25) is 9.11 Å². The molecule has 0 spiro atoms. The van der Waals surface area contributed by atoms with Gasteiger partial charge in [-0.1, -0.05) is 0 Å². The minimum atomic E-state index is -4.51. The predicted molar refractivity (Wildman–Crippen MR) is 76.9 cm³/mol. The Hall–Kier alpha value is -0.400. The van der Waals surface area contributed by atoms with Gasteiger partial charge in [0.25, 0.3) is 20.2 Å². The highest BCUT2D eigenvalue weighted by Gasteiger charge is 2.32. The fourth-order valence-electron chi connectivity index (χ4n) is 0.187. The second-order valence-corrected chi connectivity index (χ2v) is 8.88. The molecule has 12 heteroatoms. The van der Waals surface area contributed by atoms with Gasteiger partial charge in [-0.15, -0.1) is 0 Å². The van der Waals surface area contributed by atoms with Crippen molar-refractivity contribution in [1.29, 1.82) is 0 Å². The van der Waals surface area contributed by atoms with E-state index in [4.69, 9.17) is 19.3 Å². The molecule has 0 aromatic heterocycles. The Morgan fingerprint density at radius 3 is 1.09 bits per heavy atom. The van der Waals surface area contributed by atoms with E-state index in [-0.39, 0.29) is 12.7 Å². The van der Waals surface area contributed by atoms with E-state index in [1.807, 2.05) is 0 Å². The van der Waals surface area contributed by atoms with Gasteiger partial charge in [-0.25, -0.2) is 8.78 Å². The zero-order chi connectivity index (χ0) is 19.0. The molecule has 1 unspecified atom stereocenters. The van der Waals surface area contributed by atoms with Crippen LogP contribution in [0.25, 0.3) is 0 Å². The molecule has 138 valence electrons. The molecule has 0 aromatic carbocycles. The fourth-order valence-corrected chi connectivity index (χ4v) is 0.187. The van der Waals surface area contributed by atoms with Gasteiger partial charge in [0.15, 0.2) is 0 Å². The van der Waals surface area contributed by atoms with Crippen LogP contribution >= 0.6 is 0 Å². The van der Waals surface area contributed by atoms with Crippen molar-refractivity contribution in [2.45, 2.75) is 57.1 Å². The van der Waals surface area contributed by atoms with Crippen LogP contribution in [0.1, 0.15) is 41.0 Å². The fraction of sp³-hybridized carbons (Fsp3) is 1.00. The number of hydrogen-bond acceptors (Lipinski definition) is 6. The van der Waals surface area contributed by atoms with Crippen molar-refractivity contribution >= 4 is 20.2 Å². The molecule has 8 nitrogen and oxygen atoms in total. The third-order valence-electron chi connectivity index (χ3n) is 1.77. The van der Waals surface area contributed by atoms with Crippen LogP contribution in [0.15, 0.2) is 0 Å². The van der Waals surface area contributed by atoms with Crippen molar-refractivity contribution in [1.82, 2.24) is 0 Å². The summed E-state index contributed by atoms with van der Waals surface area (Å²) >= 11 is 0. The number of aliphatic hydroxyl groups excluding tert-OH is 2. The van der Waals surface area contributed by atoms with Crippen LogP contribution in [-0.2, 0) is 20.2 Å². The summed E-state index contributed by atoms with van der Waals surface area (Å²) in [6.45, 7) is 4.79. The first kappa shape index (κ1) is 26.5. The van der Waals surface area contributed by atoms with Crippen molar-refractivity contribution in [3.05, 3.63) is 0 Å².